The lowest BCUT2D eigenvalue weighted by Crippen LogP contribution is -2.50. The van der Waals surface area contributed by atoms with Crippen LogP contribution in [0.5, 0.6) is 0 Å². The van der Waals surface area contributed by atoms with Crippen LogP contribution < -0.4 is 15.8 Å². The molecular formula is C25H22ClFN6O3S. The molecule has 1 N–H and O–H groups in total. The lowest BCUT2D eigenvalue weighted by atomic mass is 10.2. The number of pyridine rings is 1. The van der Waals surface area contributed by atoms with Crippen LogP contribution in [0, 0.1) is 12.7 Å². The fourth-order valence-electron chi connectivity index (χ4n) is 4.23. The number of rotatable bonds is 5. The highest BCUT2D eigenvalue weighted by atomic mass is 35.5. The van der Waals surface area contributed by atoms with Crippen molar-refractivity contribution < 1.29 is 14.0 Å². The summed E-state index contributed by atoms with van der Waals surface area (Å²) >= 11 is 7.09. The highest BCUT2D eigenvalue weighted by Gasteiger charge is 2.24. The van der Waals surface area contributed by atoms with Gasteiger partial charge in [0.25, 0.3) is 11.5 Å². The van der Waals surface area contributed by atoms with Crippen LogP contribution in [0.25, 0.3) is 10.2 Å². The van der Waals surface area contributed by atoms with Crippen LogP contribution in [0.2, 0.25) is 5.02 Å². The minimum atomic E-state index is -0.518. The maximum atomic E-state index is 13.3. The summed E-state index contributed by atoms with van der Waals surface area (Å²) < 4.78 is 14.6. The van der Waals surface area contributed by atoms with Gasteiger partial charge in [0.05, 0.1) is 27.3 Å². The Morgan fingerprint density at radius 3 is 2.62 bits per heavy atom. The van der Waals surface area contributed by atoms with Crippen molar-refractivity contribution in [3.8, 4) is 0 Å². The molecule has 4 heterocycles. The Kier molecular flexibility index (Phi) is 6.90. The van der Waals surface area contributed by atoms with Gasteiger partial charge in [-0.05, 0) is 42.8 Å². The van der Waals surface area contributed by atoms with Gasteiger partial charge < -0.3 is 15.1 Å². The topological polar surface area (TPSA) is 100 Å². The molecule has 0 saturated carbocycles. The standard InChI is InChI=1S/C25H22ClFN6O3S/c1-15-21-24(37-22(15)23(35)30-18-6-5-16(27)12-17(18)26)29-14-33(25(21)36)13-20(34)32-10-8-31(9-11-32)19-4-2-3-7-28-19/h2-7,12,14H,8-11,13H2,1H3,(H,30,35). The number of anilines is 2. The number of nitrogens with zero attached hydrogens (tertiary/aromatic N) is 5. The van der Waals surface area contributed by atoms with Gasteiger partial charge in [0.1, 0.15) is 23.0 Å². The number of thiophene rings is 1. The largest absolute Gasteiger partial charge is 0.353 e. The van der Waals surface area contributed by atoms with Crippen LogP contribution in [0.4, 0.5) is 15.9 Å². The number of hydrogen-bond donors (Lipinski definition) is 1. The second kappa shape index (κ2) is 10.3. The average Bonchev–Trinajstić information content (AvgIpc) is 3.25. The molecule has 0 atom stereocenters. The number of piperazine rings is 1. The number of nitrogens with one attached hydrogen (secondary N) is 1. The third-order valence-electron chi connectivity index (χ3n) is 6.21. The molecule has 4 aromatic rings. The SMILES string of the molecule is Cc1c(C(=O)Nc2ccc(F)cc2Cl)sc2ncn(CC(=O)N3CCN(c4ccccn4)CC3)c(=O)c12. The van der Waals surface area contributed by atoms with Crippen LogP contribution in [-0.4, -0.2) is 57.4 Å². The van der Waals surface area contributed by atoms with Gasteiger partial charge in [0.15, 0.2) is 0 Å². The van der Waals surface area contributed by atoms with E-state index in [4.69, 9.17) is 11.6 Å². The number of carbonyl (C=O) groups excluding carboxylic acids is 2. The maximum absolute atomic E-state index is 13.3. The Labute approximate surface area is 220 Å². The first-order valence-corrected chi connectivity index (χ1v) is 12.7. The molecule has 190 valence electrons. The van der Waals surface area contributed by atoms with Crippen molar-refractivity contribution in [1.82, 2.24) is 19.4 Å². The molecule has 0 radical (unpaired) electrons. The third kappa shape index (κ3) is 5.05. The Morgan fingerprint density at radius 1 is 1.14 bits per heavy atom. The molecule has 0 aliphatic carbocycles. The molecule has 37 heavy (non-hydrogen) atoms. The number of carbonyl (C=O) groups is 2. The van der Waals surface area contributed by atoms with Crippen molar-refractivity contribution >= 4 is 56.5 Å². The summed E-state index contributed by atoms with van der Waals surface area (Å²) in [6.07, 6.45) is 3.07. The van der Waals surface area contributed by atoms with Gasteiger partial charge in [-0.1, -0.05) is 17.7 Å². The molecule has 2 amide bonds. The zero-order chi connectivity index (χ0) is 26.1. The van der Waals surface area contributed by atoms with E-state index in [-0.39, 0.29) is 33.4 Å². The van der Waals surface area contributed by atoms with E-state index >= 15 is 0 Å². The van der Waals surface area contributed by atoms with Gasteiger partial charge in [-0.15, -0.1) is 11.3 Å². The van der Waals surface area contributed by atoms with E-state index in [0.717, 1.165) is 23.2 Å². The molecule has 0 bridgehead atoms. The normalized spacial score (nSPS) is 13.7. The zero-order valence-electron chi connectivity index (χ0n) is 19.8. The van der Waals surface area contributed by atoms with E-state index in [0.29, 0.717) is 36.6 Å². The van der Waals surface area contributed by atoms with E-state index in [1.807, 2.05) is 18.2 Å². The Bertz CT molecular complexity index is 1550. The first-order valence-electron chi connectivity index (χ1n) is 11.5. The van der Waals surface area contributed by atoms with Gasteiger partial charge in [-0.3, -0.25) is 19.0 Å². The predicted octanol–water partition coefficient (Wildman–Crippen LogP) is 3.56. The molecule has 9 nitrogen and oxygen atoms in total. The molecule has 1 aliphatic rings. The number of halogens is 2. The summed E-state index contributed by atoms with van der Waals surface area (Å²) in [4.78, 5) is 52.3. The molecule has 5 rings (SSSR count). The van der Waals surface area contributed by atoms with E-state index in [2.05, 4.69) is 20.2 Å². The van der Waals surface area contributed by atoms with Crippen molar-refractivity contribution in [1.29, 1.82) is 0 Å². The van der Waals surface area contributed by atoms with Crippen LogP contribution >= 0.6 is 22.9 Å². The number of fused-ring (bicyclic) bond motifs is 1. The second-order valence-electron chi connectivity index (χ2n) is 8.55. The summed E-state index contributed by atoms with van der Waals surface area (Å²) in [5, 5.41) is 3.00. The van der Waals surface area contributed by atoms with Crippen molar-refractivity contribution in [2.24, 2.45) is 0 Å². The zero-order valence-corrected chi connectivity index (χ0v) is 21.4. The number of aryl methyl sites for hydroxylation is 1. The number of amides is 2. The van der Waals surface area contributed by atoms with Crippen LogP contribution in [0.3, 0.4) is 0 Å². The molecule has 1 fully saturated rings. The van der Waals surface area contributed by atoms with Crippen LogP contribution in [-0.2, 0) is 11.3 Å². The summed E-state index contributed by atoms with van der Waals surface area (Å²) in [6, 6.07) is 9.38. The van der Waals surface area contributed by atoms with Crippen molar-refractivity contribution in [2.75, 3.05) is 36.4 Å². The third-order valence-corrected chi connectivity index (χ3v) is 7.73. The summed E-state index contributed by atoms with van der Waals surface area (Å²) in [7, 11) is 0. The average molecular weight is 541 g/mol. The first-order chi connectivity index (χ1) is 17.8. The lowest BCUT2D eigenvalue weighted by Gasteiger charge is -2.35. The van der Waals surface area contributed by atoms with Gasteiger partial charge in [-0.2, -0.15) is 0 Å². The monoisotopic (exact) mass is 540 g/mol. The Balaban J connectivity index is 1.30. The maximum Gasteiger partial charge on any atom is 0.266 e. The number of benzene rings is 1. The first kappa shape index (κ1) is 24.8. The van der Waals surface area contributed by atoms with Crippen LogP contribution in [0.15, 0.2) is 53.7 Å². The van der Waals surface area contributed by atoms with Crippen molar-refractivity contribution in [3.63, 3.8) is 0 Å². The van der Waals surface area contributed by atoms with Crippen molar-refractivity contribution in [3.05, 3.63) is 80.6 Å². The second-order valence-corrected chi connectivity index (χ2v) is 9.95. The minimum Gasteiger partial charge on any atom is -0.353 e. The molecule has 0 unspecified atom stereocenters. The highest BCUT2D eigenvalue weighted by molar-refractivity contribution is 7.20. The molecule has 1 aliphatic heterocycles. The summed E-state index contributed by atoms with van der Waals surface area (Å²) in [5.41, 5.74) is 0.320. The Morgan fingerprint density at radius 2 is 1.92 bits per heavy atom. The predicted molar refractivity (Wildman–Crippen MR) is 141 cm³/mol. The van der Waals surface area contributed by atoms with Gasteiger partial charge in [0, 0.05) is 32.4 Å². The molecular weight excluding hydrogens is 519 g/mol. The Hall–Kier alpha value is -3.83. The molecule has 3 aromatic heterocycles. The number of hydrogen-bond acceptors (Lipinski definition) is 7. The fraction of sp³-hybridized carbons (Fsp3) is 0.240. The van der Waals surface area contributed by atoms with Gasteiger partial charge in [0.2, 0.25) is 5.91 Å². The summed E-state index contributed by atoms with van der Waals surface area (Å²) in [5.74, 6) is -0.312. The lowest BCUT2D eigenvalue weighted by molar-refractivity contribution is -0.132. The molecule has 12 heteroatoms. The van der Waals surface area contributed by atoms with E-state index in [1.165, 1.54) is 23.0 Å². The van der Waals surface area contributed by atoms with E-state index < -0.39 is 17.3 Å². The van der Waals surface area contributed by atoms with Gasteiger partial charge >= 0.3 is 0 Å². The highest BCUT2D eigenvalue weighted by Crippen LogP contribution is 2.29. The van der Waals surface area contributed by atoms with E-state index in [1.54, 1.807) is 18.0 Å². The van der Waals surface area contributed by atoms with Crippen molar-refractivity contribution in [2.45, 2.75) is 13.5 Å². The van der Waals surface area contributed by atoms with Gasteiger partial charge in [-0.25, -0.2) is 14.4 Å². The number of aromatic nitrogens is 3. The molecule has 1 aromatic carbocycles. The quantitative estimate of drug-likeness (QED) is 0.415. The fourth-order valence-corrected chi connectivity index (χ4v) is 5.48. The smallest absolute Gasteiger partial charge is 0.266 e. The molecule has 0 spiro atoms. The summed E-state index contributed by atoms with van der Waals surface area (Å²) in [6.45, 7) is 3.85. The van der Waals surface area contributed by atoms with Crippen LogP contribution in [0.1, 0.15) is 15.2 Å². The molecule has 1 saturated heterocycles. The van der Waals surface area contributed by atoms with E-state index in [9.17, 15) is 18.8 Å². The minimum absolute atomic E-state index is 0.0620.